The van der Waals surface area contributed by atoms with Crippen LogP contribution in [0.4, 0.5) is 0 Å². The fraction of sp³-hybridized carbons (Fsp3) is 0.522. The summed E-state index contributed by atoms with van der Waals surface area (Å²) in [7, 11) is 0. The fourth-order valence-corrected chi connectivity index (χ4v) is 3.13. The van der Waals surface area contributed by atoms with Crippen molar-refractivity contribution < 1.29 is 23.9 Å². The van der Waals surface area contributed by atoms with Gasteiger partial charge in [0.1, 0.15) is 12.1 Å². The van der Waals surface area contributed by atoms with Crippen molar-refractivity contribution in [2.75, 3.05) is 13.2 Å². The van der Waals surface area contributed by atoms with Crippen LogP contribution in [0.3, 0.4) is 0 Å². The van der Waals surface area contributed by atoms with Crippen LogP contribution in [0.5, 0.6) is 0 Å². The number of hydrogen-bond acceptors (Lipinski definition) is 6. The number of para-hydroxylation sites is 1. The van der Waals surface area contributed by atoms with Crippen molar-refractivity contribution in [1.82, 2.24) is 10.3 Å². The van der Waals surface area contributed by atoms with Gasteiger partial charge in [-0.25, -0.2) is 4.79 Å². The van der Waals surface area contributed by atoms with Gasteiger partial charge in [-0.2, -0.15) is 0 Å². The van der Waals surface area contributed by atoms with Gasteiger partial charge in [0.2, 0.25) is 5.91 Å². The van der Waals surface area contributed by atoms with Gasteiger partial charge in [-0.05, 0) is 37.3 Å². The Hall–Kier alpha value is -2.87. The predicted molar refractivity (Wildman–Crippen MR) is 118 cm³/mol. The largest absolute Gasteiger partial charge is 0.465 e. The molecule has 0 radical (unpaired) electrons. The van der Waals surface area contributed by atoms with E-state index in [0.717, 1.165) is 22.9 Å². The number of esters is 2. The number of carbonyl (C=O) groups excluding carboxylic acids is 3. The van der Waals surface area contributed by atoms with Crippen molar-refractivity contribution in [3.05, 3.63) is 36.0 Å². The highest BCUT2D eigenvalue weighted by Gasteiger charge is 2.25. The molecule has 0 aliphatic rings. The van der Waals surface area contributed by atoms with Gasteiger partial charge in [0.05, 0.1) is 13.2 Å². The zero-order valence-corrected chi connectivity index (χ0v) is 18.5. The summed E-state index contributed by atoms with van der Waals surface area (Å²) in [5.74, 6) is -0.989. The Balaban J connectivity index is 2.03. The molecule has 0 bridgehead atoms. The molecule has 1 amide bonds. The van der Waals surface area contributed by atoms with Crippen LogP contribution in [-0.4, -0.2) is 48.1 Å². The van der Waals surface area contributed by atoms with E-state index in [1.54, 1.807) is 6.92 Å². The molecule has 1 aromatic heterocycles. The third kappa shape index (κ3) is 7.71. The van der Waals surface area contributed by atoms with Gasteiger partial charge in [0.25, 0.3) is 0 Å². The molecule has 4 N–H and O–H groups in total. The summed E-state index contributed by atoms with van der Waals surface area (Å²) >= 11 is 0. The number of ether oxygens (including phenoxy) is 2. The molecule has 8 nitrogen and oxygen atoms in total. The number of aromatic nitrogens is 1. The third-order valence-corrected chi connectivity index (χ3v) is 4.93. The van der Waals surface area contributed by atoms with Crippen LogP contribution in [0.1, 0.15) is 45.6 Å². The molecule has 2 rings (SSSR count). The lowest BCUT2D eigenvalue weighted by Crippen LogP contribution is -2.44. The van der Waals surface area contributed by atoms with Crippen LogP contribution < -0.4 is 11.1 Å². The zero-order valence-electron chi connectivity index (χ0n) is 18.5. The highest BCUT2D eigenvalue weighted by molar-refractivity contribution is 5.87. The van der Waals surface area contributed by atoms with E-state index in [1.165, 1.54) is 0 Å². The molecule has 0 saturated heterocycles. The highest BCUT2D eigenvalue weighted by Crippen LogP contribution is 2.19. The van der Waals surface area contributed by atoms with Crippen molar-refractivity contribution in [1.29, 1.82) is 0 Å². The number of nitrogens with one attached hydrogen (secondary N) is 2. The van der Waals surface area contributed by atoms with Crippen molar-refractivity contribution in [2.45, 2.75) is 58.5 Å². The van der Waals surface area contributed by atoms with Crippen molar-refractivity contribution >= 4 is 28.7 Å². The first kappa shape index (κ1) is 24.4. The molecule has 0 fully saturated rings. The third-order valence-electron chi connectivity index (χ3n) is 4.93. The first-order valence-electron chi connectivity index (χ1n) is 10.7. The molecule has 0 aliphatic heterocycles. The maximum absolute atomic E-state index is 12.7. The predicted octanol–water partition coefficient (Wildman–Crippen LogP) is 2.46. The summed E-state index contributed by atoms with van der Waals surface area (Å²) in [6, 6.07) is 6.04. The van der Waals surface area contributed by atoms with E-state index in [0.29, 0.717) is 18.9 Å². The first-order chi connectivity index (χ1) is 14.8. The Morgan fingerprint density at radius 2 is 1.84 bits per heavy atom. The maximum atomic E-state index is 12.7. The van der Waals surface area contributed by atoms with Crippen molar-refractivity contribution in [3.8, 4) is 0 Å². The average molecular weight is 432 g/mol. The molecule has 0 aliphatic carbocycles. The quantitative estimate of drug-likeness (QED) is 0.444. The number of H-pyrrole nitrogens is 1. The van der Waals surface area contributed by atoms with E-state index in [4.69, 9.17) is 15.2 Å². The number of amides is 1. The van der Waals surface area contributed by atoms with Gasteiger partial charge in [0.15, 0.2) is 0 Å². The van der Waals surface area contributed by atoms with Crippen LogP contribution in [0.2, 0.25) is 0 Å². The topological polar surface area (TPSA) is 124 Å². The summed E-state index contributed by atoms with van der Waals surface area (Å²) in [5, 5.41) is 3.74. The van der Waals surface area contributed by atoms with E-state index < -0.39 is 24.0 Å². The van der Waals surface area contributed by atoms with Gasteiger partial charge in [-0.15, -0.1) is 0 Å². The average Bonchev–Trinajstić information content (AvgIpc) is 3.14. The van der Waals surface area contributed by atoms with Crippen LogP contribution >= 0.6 is 0 Å². The summed E-state index contributed by atoms with van der Waals surface area (Å²) < 4.78 is 10.3. The molecule has 2 atom stereocenters. The molecule has 0 spiro atoms. The van der Waals surface area contributed by atoms with Gasteiger partial charge >= 0.3 is 11.9 Å². The summed E-state index contributed by atoms with van der Waals surface area (Å²) in [6.07, 6.45) is 3.01. The zero-order chi connectivity index (χ0) is 22.8. The lowest BCUT2D eigenvalue weighted by Gasteiger charge is -2.18. The van der Waals surface area contributed by atoms with E-state index in [1.807, 2.05) is 44.3 Å². The minimum atomic E-state index is -0.879. The van der Waals surface area contributed by atoms with Gasteiger partial charge in [0, 0.05) is 29.9 Å². The molecule has 2 aromatic rings. The van der Waals surface area contributed by atoms with Crippen LogP contribution in [0.15, 0.2) is 30.5 Å². The van der Waals surface area contributed by atoms with Gasteiger partial charge in [-0.3, -0.25) is 9.59 Å². The normalized spacial score (nSPS) is 13.1. The molecule has 31 heavy (non-hydrogen) atoms. The second kappa shape index (κ2) is 12.1. The highest BCUT2D eigenvalue weighted by atomic mass is 16.5. The Kier molecular flexibility index (Phi) is 9.52. The molecule has 1 aromatic carbocycles. The van der Waals surface area contributed by atoms with Crippen LogP contribution in [0, 0.1) is 5.92 Å². The first-order valence-corrected chi connectivity index (χ1v) is 10.7. The summed E-state index contributed by atoms with van der Waals surface area (Å²) in [6.45, 7) is 6.31. The Morgan fingerprint density at radius 1 is 1.10 bits per heavy atom. The Bertz CT molecular complexity index is 877. The van der Waals surface area contributed by atoms with E-state index in [2.05, 4.69) is 10.3 Å². The second-order valence-corrected chi connectivity index (χ2v) is 7.93. The number of hydrogen-bond donors (Lipinski definition) is 3. The van der Waals surface area contributed by atoms with Crippen molar-refractivity contribution in [2.24, 2.45) is 11.7 Å². The summed E-state index contributed by atoms with van der Waals surface area (Å²) in [4.78, 5) is 40.0. The van der Waals surface area contributed by atoms with Crippen LogP contribution in [-0.2, 0) is 30.3 Å². The van der Waals surface area contributed by atoms with E-state index in [-0.39, 0.29) is 25.4 Å². The SMILES string of the molecule is CCOC(=O)C(N)CCC(=O)NC(Cc1c[nH]c2ccccc12)C(=O)OCCC(C)C. The van der Waals surface area contributed by atoms with Crippen molar-refractivity contribution in [3.63, 3.8) is 0 Å². The molecule has 8 heteroatoms. The maximum Gasteiger partial charge on any atom is 0.328 e. The number of nitrogens with two attached hydrogens (primary N) is 1. The van der Waals surface area contributed by atoms with E-state index >= 15 is 0 Å². The smallest absolute Gasteiger partial charge is 0.328 e. The molecular formula is C23H33N3O5. The Morgan fingerprint density at radius 3 is 2.55 bits per heavy atom. The standard InChI is InChI=1S/C23H33N3O5/c1-4-30-22(28)18(24)9-10-21(27)26-20(23(29)31-12-11-15(2)3)13-16-14-25-19-8-6-5-7-17(16)19/h5-8,14-15,18,20,25H,4,9-13,24H2,1-3H3,(H,26,27). The lowest BCUT2D eigenvalue weighted by molar-refractivity contribution is -0.148. The van der Waals surface area contributed by atoms with E-state index in [9.17, 15) is 14.4 Å². The Labute approximate surface area is 182 Å². The fourth-order valence-electron chi connectivity index (χ4n) is 3.13. The van der Waals surface area contributed by atoms with Crippen LogP contribution in [0.25, 0.3) is 10.9 Å². The summed E-state index contributed by atoms with van der Waals surface area (Å²) in [5.41, 5.74) is 7.62. The lowest BCUT2D eigenvalue weighted by atomic mass is 10.0. The molecule has 0 saturated carbocycles. The van der Waals surface area contributed by atoms with Gasteiger partial charge in [-0.1, -0.05) is 32.0 Å². The molecular weight excluding hydrogens is 398 g/mol. The monoisotopic (exact) mass is 431 g/mol. The van der Waals surface area contributed by atoms with Gasteiger partial charge < -0.3 is 25.5 Å². The molecule has 1 heterocycles. The molecule has 2 unspecified atom stereocenters. The number of rotatable bonds is 12. The minimum Gasteiger partial charge on any atom is -0.465 e. The second-order valence-electron chi connectivity index (χ2n) is 7.93. The molecule has 170 valence electrons. The minimum absolute atomic E-state index is 0.00361. The number of benzene rings is 1. The number of fused-ring (bicyclic) bond motifs is 1. The number of carbonyl (C=O) groups is 3. The number of aromatic amines is 1.